The van der Waals surface area contributed by atoms with Crippen LogP contribution in [0.2, 0.25) is 0 Å². The molecule has 1 aliphatic heterocycles. The van der Waals surface area contributed by atoms with Crippen LogP contribution in [0.4, 0.5) is 0 Å². The standard InChI is InChI=1S/C23H21N3O2/c1-23(22(27)28)20(18-12-14-24-15-13-18)26(16-17-8-4-2-5-9-17)21(25-23)19-10-6-3-7-11-19/h2-15,20H,16H2,1H3,(H,27,28). The Morgan fingerprint density at radius 2 is 1.61 bits per heavy atom. The number of aliphatic carboxylic acids is 1. The number of aromatic nitrogens is 1. The van der Waals surface area contributed by atoms with E-state index in [1.165, 1.54) is 0 Å². The molecule has 0 radical (unpaired) electrons. The number of hydrogen-bond donors (Lipinski definition) is 1. The molecule has 2 atom stereocenters. The zero-order valence-corrected chi connectivity index (χ0v) is 15.6. The summed E-state index contributed by atoms with van der Waals surface area (Å²) >= 11 is 0. The van der Waals surface area contributed by atoms with Crippen LogP contribution in [-0.2, 0) is 11.3 Å². The average Bonchev–Trinajstić information content (AvgIpc) is 3.03. The lowest BCUT2D eigenvalue weighted by atomic mass is 9.87. The van der Waals surface area contributed by atoms with Crippen molar-refractivity contribution in [2.24, 2.45) is 4.99 Å². The van der Waals surface area contributed by atoms with E-state index in [0.29, 0.717) is 12.4 Å². The minimum atomic E-state index is -1.30. The van der Waals surface area contributed by atoms with Gasteiger partial charge in [0.25, 0.3) is 0 Å². The van der Waals surface area contributed by atoms with Crippen LogP contribution in [0, 0.1) is 0 Å². The fourth-order valence-electron chi connectivity index (χ4n) is 3.75. The summed E-state index contributed by atoms with van der Waals surface area (Å²) in [6.45, 7) is 2.25. The van der Waals surface area contributed by atoms with Gasteiger partial charge in [-0.3, -0.25) is 4.98 Å². The second-order valence-corrected chi connectivity index (χ2v) is 7.05. The lowest BCUT2D eigenvalue weighted by Gasteiger charge is -2.34. The van der Waals surface area contributed by atoms with E-state index in [4.69, 9.17) is 4.99 Å². The van der Waals surface area contributed by atoms with Crippen LogP contribution in [0.25, 0.3) is 0 Å². The summed E-state index contributed by atoms with van der Waals surface area (Å²) in [5.74, 6) is -0.255. The monoisotopic (exact) mass is 371 g/mol. The molecule has 0 aliphatic carbocycles. The third-order valence-corrected chi connectivity index (χ3v) is 5.14. The molecule has 0 saturated carbocycles. The van der Waals surface area contributed by atoms with Gasteiger partial charge in [-0.15, -0.1) is 0 Å². The third kappa shape index (κ3) is 3.16. The molecule has 1 aliphatic rings. The molecule has 1 aromatic heterocycles. The van der Waals surface area contributed by atoms with Crippen LogP contribution in [0.1, 0.15) is 29.7 Å². The molecule has 5 nitrogen and oxygen atoms in total. The van der Waals surface area contributed by atoms with Gasteiger partial charge in [-0.2, -0.15) is 0 Å². The normalized spacial score (nSPS) is 21.4. The molecule has 0 fully saturated rings. The number of benzene rings is 2. The van der Waals surface area contributed by atoms with Crippen molar-refractivity contribution in [2.45, 2.75) is 25.0 Å². The molecule has 1 N–H and O–H groups in total. The van der Waals surface area contributed by atoms with Crippen LogP contribution in [0.3, 0.4) is 0 Å². The van der Waals surface area contributed by atoms with Gasteiger partial charge in [0.05, 0.1) is 6.04 Å². The maximum Gasteiger partial charge on any atom is 0.333 e. The van der Waals surface area contributed by atoms with E-state index in [9.17, 15) is 9.90 Å². The first-order valence-electron chi connectivity index (χ1n) is 9.19. The zero-order valence-electron chi connectivity index (χ0n) is 15.6. The smallest absolute Gasteiger partial charge is 0.333 e. The molecule has 2 unspecified atom stereocenters. The van der Waals surface area contributed by atoms with Gasteiger partial charge in [-0.05, 0) is 30.2 Å². The molecule has 4 rings (SSSR count). The van der Waals surface area contributed by atoms with Crippen LogP contribution < -0.4 is 0 Å². The zero-order chi connectivity index (χ0) is 19.6. The maximum absolute atomic E-state index is 12.3. The quantitative estimate of drug-likeness (QED) is 0.738. The van der Waals surface area contributed by atoms with E-state index in [1.807, 2.05) is 72.8 Å². The fourth-order valence-corrected chi connectivity index (χ4v) is 3.75. The van der Waals surface area contributed by atoms with E-state index >= 15 is 0 Å². The Labute approximate surface area is 164 Å². The van der Waals surface area contributed by atoms with E-state index in [1.54, 1.807) is 19.3 Å². The Kier molecular flexibility index (Phi) is 4.65. The number of amidine groups is 1. The van der Waals surface area contributed by atoms with Crippen LogP contribution in [0.15, 0.2) is 90.2 Å². The molecule has 2 heterocycles. The predicted octanol–water partition coefficient (Wildman–Crippen LogP) is 3.93. The van der Waals surface area contributed by atoms with Gasteiger partial charge in [0.2, 0.25) is 0 Å². The lowest BCUT2D eigenvalue weighted by Crippen LogP contribution is -2.43. The first-order chi connectivity index (χ1) is 13.6. The number of nitrogens with zero attached hydrogens (tertiary/aromatic N) is 3. The Bertz CT molecular complexity index is 990. The average molecular weight is 371 g/mol. The van der Waals surface area contributed by atoms with Gasteiger partial charge in [0.1, 0.15) is 5.84 Å². The number of carboxylic acid groups (broad SMARTS) is 1. The predicted molar refractivity (Wildman–Crippen MR) is 108 cm³/mol. The lowest BCUT2D eigenvalue weighted by molar-refractivity contribution is -0.144. The topological polar surface area (TPSA) is 65.8 Å². The van der Waals surface area contributed by atoms with Crippen LogP contribution >= 0.6 is 0 Å². The number of rotatable bonds is 5. The Morgan fingerprint density at radius 1 is 1.00 bits per heavy atom. The molecule has 0 spiro atoms. The van der Waals surface area contributed by atoms with Gasteiger partial charge in [0.15, 0.2) is 5.54 Å². The third-order valence-electron chi connectivity index (χ3n) is 5.14. The van der Waals surface area contributed by atoms with Crippen molar-refractivity contribution in [1.82, 2.24) is 9.88 Å². The van der Waals surface area contributed by atoms with Gasteiger partial charge < -0.3 is 10.0 Å². The van der Waals surface area contributed by atoms with Crippen molar-refractivity contribution in [1.29, 1.82) is 0 Å². The summed E-state index contributed by atoms with van der Waals surface area (Å²) in [4.78, 5) is 23.3. The summed E-state index contributed by atoms with van der Waals surface area (Å²) in [5.41, 5.74) is 1.58. The number of carboxylic acids is 1. The van der Waals surface area contributed by atoms with Gasteiger partial charge in [-0.1, -0.05) is 60.7 Å². The fraction of sp³-hybridized carbons (Fsp3) is 0.174. The van der Waals surface area contributed by atoms with Crippen molar-refractivity contribution >= 4 is 11.8 Å². The van der Waals surface area contributed by atoms with Crippen molar-refractivity contribution < 1.29 is 9.90 Å². The Hall–Kier alpha value is -3.47. The summed E-state index contributed by atoms with van der Waals surface area (Å²) in [7, 11) is 0. The molecular weight excluding hydrogens is 350 g/mol. The SMILES string of the molecule is CC1(C(=O)O)N=C(c2ccccc2)N(Cc2ccccc2)C1c1ccncc1. The Morgan fingerprint density at radius 3 is 2.21 bits per heavy atom. The molecule has 28 heavy (non-hydrogen) atoms. The highest BCUT2D eigenvalue weighted by Crippen LogP contribution is 2.42. The molecule has 5 heteroatoms. The number of hydrogen-bond acceptors (Lipinski definition) is 4. The molecule has 2 aromatic carbocycles. The van der Waals surface area contributed by atoms with E-state index in [2.05, 4.69) is 9.88 Å². The highest BCUT2D eigenvalue weighted by Gasteiger charge is 2.51. The summed E-state index contributed by atoms with van der Waals surface area (Å²) in [6, 6.07) is 23.1. The minimum Gasteiger partial charge on any atom is -0.479 e. The van der Waals surface area contributed by atoms with Crippen LogP contribution in [0.5, 0.6) is 0 Å². The van der Waals surface area contributed by atoms with Crippen molar-refractivity contribution in [3.05, 3.63) is 102 Å². The second-order valence-electron chi connectivity index (χ2n) is 7.05. The largest absolute Gasteiger partial charge is 0.479 e. The van der Waals surface area contributed by atoms with E-state index in [-0.39, 0.29) is 0 Å². The highest BCUT2D eigenvalue weighted by molar-refractivity contribution is 6.03. The number of carbonyl (C=O) groups is 1. The molecule has 140 valence electrons. The summed E-state index contributed by atoms with van der Waals surface area (Å²) in [6.07, 6.45) is 3.39. The first kappa shape index (κ1) is 17.9. The van der Waals surface area contributed by atoms with E-state index in [0.717, 1.165) is 16.7 Å². The molecular formula is C23H21N3O2. The summed E-state index contributed by atoms with van der Waals surface area (Å²) < 4.78 is 0. The second kappa shape index (κ2) is 7.27. The van der Waals surface area contributed by atoms with Crippen molar-refractivity contribution in [3.63, 3.8) is 0 Å². The first-order valence-corrected chi connectivity index (χ1v) is 9.19. The Balaban J connectivity index is 1.87. The van der Waals surface area contributed by atoms with Crippen molar-refractivity contribution in [2.75, 3.05) is 0 Å². The molecule has 0 amide bonds. The summed E-state index contributed by atoms with van der Waals surface area (Å²) in [5, 5.41) is 10.1. The van der Waals surface area contributed by atoms with Gasteiger partial charge in [0, 0.05) is 24.5 Å². The molecule has 0 bridgehead atoms. The number of aliphatic imine (C=N–C) groups is 1. The minimum absolute atomic E-state index is 0.441. The molecule has 3 aromatic rings. The van der Waals surface area contributed by atoms with Gasteiger partial charge in [-0.25, -0.2) is 9.79 Å². The van der Waals surface area contributed by atoms with E-state index < -0.39 is 17.6 Å². The highest BCUT2D eigenvalue weighted by atomic mass is 16.4. The van der Waals surface area contributed by atoms with Gasteiger partial charge >= 0.3 is 5.97 Å². The van der Waals surface area contributed by atoms with Crippen LogP contribution in [-0.4, -0.2) is 32.3 Å². The maximum atomic E-state index is 12.3. The number of pyridine rings is 1. The molecule has 0 saturated heterocycles. The van der Waals surface area contributed by atoms with Crippen molar-refractivity contribution in [3.8, 4) is 0 Å².